The van der Waals surface area contributed by atoms with Gasteiger partial charge in [-0.25, -0.2) is 14.8 Å². The van der Waals surface area contributed by atoms with Crippen LogP contribution in [0.1, 0.15) is 66.7 Å². The zero-order chi connectivity index (χ0) is 21.2. The Morgan fingerprint density at radius 3 is 2.41 bits per heavy atom. The summed E-state index contributed by atoms with van der Waals surface area (Å²) in [6.45, 7) is 9.84. The number of hydrogen-bond donors (Lipinski definition) is 5. The number of aliphatic imine (C=N–C) groups is 1. The molecule has 29 heavy (non-hydrogen) atoms. The lowest BCUT2D eigenvalue weighted by molar-refractivity contribution is -0.122. The molecule has 0 radical (unpaired) electrons. The van der Waals surface area contributed by atoms with Crippen LogP contribution in [0.4, 0.5) is 4.39 Å². The van der Waals surface area contributed by atoms with Gasteiger partial charge in [0.25, 0.3) is 0 Å². The van der Waals surface area contributed by atoms with Gasteiger partial charge in [0.1, 0.15) is 24.6 Å². The van der Waals surface area contributed by atoms with Crippen LogP contribution in [0.2, 0.25) is 0 Å². The molecule has 0 spiro atoms. The molecule has 3 rings (SSSR count). The summed E-state index contributed by atoms with van der Waals surface area (Å²) >= 11 is 0. The second kappa shape index (κ2) is 9.24. The van der Waals surface area contributed by atoms with E-state index < -0.39 is 12.2 Å². The molecular formula is C20H37FN6O2. The molecular weight excluding hydrogens is 375 g/mol. The van der Waals surface area contributed by atoms with E-state index in [0.717, 1.165) is 19.3 Å². The minimum absolute atomic E-state index is 0.155. The number of alkyl halides is 1. The Morgan fingerprint density at radius 1 is 1.14 bits per heavy atom. The Kier molecular flexibility index (Phi) is 7.14. The molecule has 2 heterocycles. The Morgan fingerprint density at radius 2 is 1.83 bits per heavy atom. The zero-order valence-electron chi connectivity index (χ0n) is 18.2. The highest BCUT2D eigenvalue weighted by Crippen LogP contribution is 2.31. The van der Waals surface area contributed by atoms with Crippen LogP contribution in [0.25, 0.3) is 0 Å². The second-order valence-electron chi connectivity index (χ2n) is 9.63. The fraction of sp³-hybridized carbons (Fsp3) is 0.900. The predicted octanol–water partition coefficient (Wildman–Crippen LogP) is 1.29. The van der Waals surface area contributed by atoms with E-state index in [1.807, 2.05) is 34.6 Å². The van der Waals surface area contributed by atoms with Crippen LogP contribution in [0.5, 0.6) is 0 Å². The van der Waals surface area contributed by atoms with Crippen LogP contribution >= 0.6 is 0 Å². The molecule has 3 fully saturated rings. The first-order chi connectivity index (χ1) is 13.6. The maximum absolute atomic E-state index is 13.4. The van der Waals surface area contributed by atoms with Gasteiger partial charge in [-0.3, -0.25) is 20.9 Å². The smallest absolute Gasteiger partial charge is 0.246 e. The third-order valence-electron chi connectivity index (χ3n) is 5.79. The van der Waals surface area contributed by atoms with Crippen molar-refractivity contribution < 1.29 is 13.9 Å². The largest absolute Gasteiger partial charge is 0.359 e. The summed E-state index contributed by atoms with van der Waals surface area (Å²) in [5.41, 5.74) is 6.30. The molecule has 5 unspecified atom stereocenters. The highest BCUT2D eigenvalue weighted by atomic mass is 19.1. The van der Waals surface area contributed by atoms with Crippen molar-refractivity contribution in [3.05, 3.63) is 0 Å². The lowest BCUT2D eigenvalue weighted by atomic mass is 9.82. The highest BCUT2D eigenvalue weighted by Gasteiger charge is 2.36. The van der Waals surface area contributed by atoms with Gasteiger partial charge in [-0.05, 0) is 66.2 Å². The number of hydrazine groups is 1. The van der Waals surface area contributed by atoms with Gasteiger partial charge in [0.2, 0.25) is 5.91 Å². The Bertz CT molecular complexity index is 602. The highest BCUT2D eigenvalue weighted by molar-refractivity contribution is 6.00. The summed E-state index contributed by atoms with van der Waals surface area (Å²) < 4.78 is 19.0. The molecule has 9 heteroatoms. The summed E-state index contributed by atoms with van der Waals surface area (Å²) in [6, 6.07) is -0.149. The topological polar surface area (TPSA) is 98.8 Å². The van der Waals surface area contributed by atoms with E-state index in [2.05, 4.69) is 26.8 Å². The number of carbonyl (C=O) groups is 1. The molecule has 1 aliphatic carbocycles. The quantitative estimate of drug-likeness (QED) is 0.354. The molecule has 0 aromatic rings. The number of rotatable bonds is 3. The van der Waals surface area contributed by atoms with Crippen molar-refractivity contribution >= 4 is 11.9 Å². The molecule has 0 aromatic heterocycles. The fourth-order valence-electron chi connectivity index (χ4n) is 4.36. The van der Waals surface area contributed by atoms with Gasteiger partial charge in [-0.15, -0.1) is 0 Å². The summed E-state index contributed by atoms with van der Waals surface area (Å²) in [4.78, 5) is 17.5. The lowest BCUT2D eigenvalue weighted by Crippen LogP contribution is -2.55. The number of carbonyl (C=O) groups excluding carboxylic acids is 1. The van der Waals surface area contributed by atoms with Crippen molar-refractivity contribution in [1.82, 2.24) is 26.8 Å². The van der Waals surface area contributed by atoms with E-state index >= 15 is 0 Å². The number of nitrogens with zero attached hydrogens (tertiary/aromatic N) is 1. The van der Waals surface area contributed by atoms with Gasteiger partial charge in [0.15, 0.2) is 5.96 Å². The second-order valence-corrected chi connectivity index (χ2v) is 9.63. The zero-order valence-corrected chi connectivity index (χ0v) is 18.2. The normalized spacial score (nSPS) is 38.8. The molecule has 8 nitrogen and oxygen atoms in total. The average Bonchev–Trinajstić information content (AvgIpc) is 3.20. The first kappa shape index (κ1) is 22.4. The van der Waals surface area contributed by atoms with Crippen molar-refractivity contribution in [2.45, 2.75) is 109 Å². The predicted molar refractivity (Wildman–Crippen MR) is 111 cm³/mol. The van der Waals surface area contributed by atoms with Gasteiger partial charge in [0, 0.05) is 18.0 Å². The van der Waals surface area contributed by atoms with Crippen molar-refractivity contribution in [3.63, 3.8) is 0 Å². The molecule has 1 saturated carbocycles. The maximum Gasteiger partial charge on any atom is 0.246 e. The molecule has 2 aliphatic heterocycles. The number of amides is 1. The van der Waals surface area contributed by atoms with Gasteiger partial charge >= 0.3 is 0 Å². The average molecular weight is 413 g/mol. The number of ether oxygens (including phenoxy) is 1. The number of hydrogen-bond acceptors (Lipinski definition) is 6. The van der Waals surface area contributed by atoms with Crippen molar-refractivity contribution in [3.8, 4) is 0 Å². The molecule has 0 bridgehead atoms. The summed E-state index contributed by atoms with van der Waals surface area (Å²) in [7, 11) is 0. The Balaban J connectivity index is 1.62. The third-order valence-corrected chi connectivity index (χ3v) is 5.79. The molecule has 0 aromatic carbocycles. The Hall–Kier alpha value is -1.29. The summed E-state index contributed by atoms with van der Waals surface area (Å²) in [5.74, 6) is 0.745. The molecule has 5 N–H and O–H groups in total. The van der Waals surface area contributed by atoms with Gasteiger partial charge in [0.05, 0.1) is 6.10 Å². The van der Waals surface area contributed by atoms with Crippen molar-refractivity contribution in [2.75, 3.05) is 0 Å². The minimum atomic E-state index is -0.648. The molecule has 3 aliphatic rings. The lowest BCUT2D eigenvalue weighted by Gasteiger charge is -2.28. The van der Waals surface area contributed by atoms with E-state index in [9.17, 15) is 9.18 Å². The summed E-state index contributed by atoms with van der Waals surface area (Å²) in [6.07, 6.45) is 2.76. The van der Waals surface area contributed by atoms with Crippen molar-refractivity contribution in [1.29, 1.82) is 0 Å². The standard InChI is InChI=1S/C20H37FN6O2/c1-11-17(22-12(2)29-11)18(28)24-19(25-20(3,4)5)23-16-10-15(26-27-16)13-6-8-14(21)9-7-13/h11-17,22,26-27H,6-10H2,1-5H3,(H2,23,24,25,28). The van der Waals surface area contributed by atoms with Crippen LogP contribution in [0.15, 0.2) is 4.99 Å². The van der Waals surface area contributed by atoms with E-state index in [-0.39, 0.29) is 36.0 Å². The Labute approximate surface area is 173 Å². The van der Waals surface area contributed by atoms with E-state index in [0.29, 0.717) is 24.7 Å². The van der Waals surface area contributed by atoms with Crippen LogP contribution in [-0.4, -0.2) is 54.2 Å². The van der Waals surface area contributed by atoms with Crippen LogP contribution < -0.4 is 26.8 Å². The molecule has 1 amide bonds. The van der Waals surface area contributed by atoms with E-state index in [4.69, 9.17) is 9.73 Å². The first-order valence-electron chi connectivity index (χ1n) is 10.8. The fourth-order valence-corrected chi connectivity index (χ4v) is 4.36. The number of nitrogens with one attached hydrogen (secondary N) is 5. The van der Waals surface area contributed by atoms with Gasteiger partial charge in [-0.1, -0.05) is 0 Å². The molecule has 5 atom stereocenters. The first-order valence-corrected chi connectivity index (χ1v) is 10.8. The molecule has 2 saturated heterocycles. The maximum atomic E-state index is 13.4. The summed E-state index contributed by atoms with van der Waals surface area (Å²) in [5, 5.41) is 9.37. The minimum Gasteiger partial charge on any atom is -0.359 e. The molecule has 166 valence electrons. The number of guanidine groups is 1. The number of halogens is 1. The van der Waals surface area contributed by atoms with Gasteiger partial charge < -0.3 is 10.1 Å². The van der Waals surface area contributed by atoms with Crippen LogP contribution in [-0.2, 0) is 9.53 Å². The van der Waals surface area contributed by atoms with Crippen LogP contribution in [0.3, 0.4) is 0 Å². The van der Waals surface area contributed by atoms with E-state index in [1.54, 1.807) is 0 Å². The van der Waals surface area contributed by atoms with Crippen molar-refractivity contribution in [2.24, 2.45) is 10.9 Å². The third kappa shape index (κ3) is 6.34. The SMILES string of the molecule is CC1NC(C(=O)N/C(=N/C2CC(C3CCC(F)CC3)NN2)NC(C)(C)C)C(C)O1. The van der Waals surface area contributed by atoms with Crippen LogP contribution in [0, 0.1) is 5.92 Å². The van der Waals surface area contributed by atoms with E-state index in [1.165, 1.54) is 0 Å². The monoisotopic (exact) mass is 412 g/mol. The van der Waals surface area contributed by atoms with Gasteiger partial charge in [-0.2, -0.15) is 0 Å².